The summed E-state index contributed by atoms with van der Waals surface area (Å²) < 4.78 is 32.9. The zero-order valence-electron chi connectivity index (χ0n) is 11.3. The first-order chi connectivity index (χ1) is 8.60. The third-order valence-corrected chi connectivity index (χ3v) is 4.58. The molecular formula is C11H25N3O3S. The van der Waals surface area contributed by atoms with Gasteiger partial charge in [-0.25, -0.2) is 0 Å². The Balaban J connectivity index is 2.43. The van der Waals surface area contributed by atoms with Crippen LogP contribution in [0, 0.1) is 0 Å². The van der Waals surface area contributed by atoms with Crippen LogP contribution in [0.2, 0.25) is 0 Å². The summed E-state index contributed by atoms with van der Waals surface area (Å²) in [4.78, 5) is 0. The number of hydrogen-bond donors (Lipinski definition) is 2. The molecule has 1 aliphatic rings. The van der Waals surface area contributed by atoms with E-state index < -0.39 is 10.2 Å². The van der Waals surface area contributed by atoms with Gasteiger partial charge in [0.15, 0.2) is 0 Å². The Morgan fingerprint density at radius 1 is 1.39 bits per heavy atom. The lowest BCUT2D eigenvalue weighted by molar-refractivity contribution is 0.203. The van der Waals surface area contributed by atoms with E-state index in [1.165, 1.54) is 4.31 Å². The molecule has 0 aromatic heterocycles. The summed E-state index contributed by atoms with van der Waals surface area (Å²) in [6.45, 7) is 4.92. The molecule has 0 aromatic carbocycles. The van der Waals surface area contributed by atoms with Crippen molar-refractivity contribution in [3.8, 4) is 0 Å². The fraction of sp³-hybridized carbons (Fsp3) is 1.00. The standard InChI is InChI=1S/C11H25N3O3S/c1-3-6-12-11-5-4-8-14(10-11)18(15,16)13-7-9-17-2/h11-13H,3-10H2,1-2H3. The first-order valence-corrected chi connectivity index (χ1v) is 8.01. The third kappa shape index (κ3) is 5.19. The molecule has 2 N–H and O–H groups in total. The Hall–Kier alpha value is -0.210. The minimum Gasteiger partial charge on any atom is -0.383 e. The van der Waals surface area contributed by atoms with Crippen molar-refractivity contribution in [1.82, 2.24) is 14.3 Å². The number of methoxy groups -OCH3 is 1. The maximum absolute atomic E-state index is 12.0. The molecular weight excluding hydrogens is 254 g/mol. The quantitative estimate of drug-likeness (QED) is 0.610. The van der Waals surface area contributed by atoms with Gasteiger partial charge < -0.3 is 10.1 Å². The van der Waals surface area contributed by atoms with Crippen molar-refractivity contribution in [2.45, 2.75) is 32.2 Å². The van der Waals surface area contributed by atoms with Crippen molar-refractivity contribution < 1.29 is 13.2 Å². The van der Waals surface area contributed by atoms with E-state index in [2.05, 4.69) is 17.0 Å². The van der Waals surface area contributed by atoms with E-state index >= 15 is 0 Å². The second-order valence-corrected chi connectivity index (χ2v) is 6.30. The second-order valence-electron chi connectivity index (χ2n) is 4.54. The molecule has 18 heavy (non-hydrogen) atoms. The molecule has 108 valence electrons. The number of piperidine rings is 1. The van der Waals surface area contributed by atoms with E-state index in [1.54, 1.807) is 7.11 Å². The Morgan fingerprint density at radius 3 is 2.83 bits per heavy atom. The summed E-state index contributed by atoms with van der Waals surface area (Å²) in [5, 5.41) is 3.38. The number of hydrogen-bond acceptors (Lipinski definition) is 4. The SMILES string of the molecule is CCCNC1CCCN(S(=O)(=O)NCCOC)C1. The molecule has 0 aromatic rings. The van der Waals surface area contributed by atoms with Crippen molar-refractivity contribution in [2.24, 2.45) is 0 Å². The molecule has 0 saturated carbocycles. The first kappa shape index (κ1) is 15.8. The molecule has 0 bridgehead atoms. The molecule has 1 unspecified atom stereocenters. The molecule has 1 fully saturated rings. The summed E-state index contributed by atoms with van der Waals surface area (Å²) in [5.41, 5.74) is 0. The van der Waals surface area contributed by atoms with E-state index in [-0.39, 0.29) is 6.04 Å². The molecule has 0 radical (unpaired) electrons. The average Bonchev–Trinajstić information content (AvgIpc) is 2.37. The Bertz CT molecular complexity index is 321. The zero-order chi connectivity index (χ0) is 13.4. The van der Waals surface area contributed by atoms with Gasteiger partial charge in [-0.3, -0.25) is 0 Å². The lowest BCUT2D eigenvalue weighted by atomic mass is 10.1. The van der Waals surface area contributed by atoms with Gasteiger partial charge in [0.05, 0.1) is 6.61 Å². The third-order valence-electron chi connectivity index (χ3n) is 3.00. The number of nitrogens with one attached hydrogen (secondary N) is 2. The molecule has 1 aliphatic heterocycles. The maximum atomic E-state index is 12.0. The van der Waals surface area contributed by atoms with Crippen LogP contribution in [0.1, 0.15) is 26.2 Å². The van der Waals surface area contributed by atoms with Crippen LogP contribution in [0.15, 0.2) is 0 Å². The topological polar surface area (TPSA) is 70.7 Å². The first-order valence-electron chi connectivity index (χ1n) is 6.57. The molecule has 1 heterocycles. The number of nitrogens with zero attached hydrogens (tertiary/aromatic N) is 1. The molecule has 1 saturated heterocycles. The monoisotopic (exact) mass is 279 g/mol. The molecule has 0 aliphatic carbocycles. The molecule has 0 spiro atoms. The van der Waals surface area contributed by atoms with Gasteiger partial charge in [-0.2, -0.15) is 17.4 Å². The van der Waals surface area contributed by atoms with Gasteiger partial charge in [0.1, 0.15) is 0 Å². The smallest absolute Gasteiger partial charge is 0.279 e. The highest BCUT2D eigenvalue weighted by molar-refractivity contribution is 7.87. The Morgan fingerprint density at radius 2 is 2.17 bits per heavy atom. The van der Waals surface area contributed by atoms with E-state index in [9.17, 15) is 8.42 Å². The highest BCUT2D eigenvalue weighted by atomic mass is 32.2. The predicted octanol–water partition coefficient (Wildman–Crippen LogP) is -0.0688. The van der Waals surface area contributed by atoms with Gasteiger partial charge in [-0.05, 0) is 25.8 Å². The van der Waals surface area contributed by atoms with Crippen LogP contribution >= 0.6 is 0 Å². The van der Waals surface area contributed by atoms with Gasteiger partial charge in [0.25, 0.3) is 10.2 Å². The average molecular weight is 279 g/mol. The van der Waals surface area contributed by atoms with Crippen LogP contribution < -0.4 is 10.0 Å². The zero-order valence-corrected chi connectivity index (χ0v) is 12.1. The van der Waals surface area contributed by atoms with E-state index in [0.717, 1.165) is 25.8 Å². The lowest BCUT2D eigenvalue weighted by Crippen LogP contribution is -2.51. The Kier molecular flexibility index (Phi) is 7.10. The summed E-state index contributed by atoms with van der Waals surface area (Å²) in [6.07, 6.45) is 3.02. The maximum Gasteiger partial charge on any atom is 0.279 e. The van der Waals surface area contributed by atoms with E-state index in [0.29, 0.717) is 26.2 Å². The van der Waals surface area contributed by atoms with Gasteiger partial charge >= 0.3 is 0 Å². The van der Waals surface area contributed by atoms with E-state index in [4.69, 9.17) is 4.74 Å². The van der Waals surface area contributed by atoms with Gasteiger partial charge in [0, 0.05) is 32.8 Å². The molecule has 6 nitrogen and oxygen atoms in total. The Labute approximate surface area is 110 Å². The van der Waals surface area contributed by atoms with Crippen LogP contribution in [0.5, 0.6) is 0 Å². The molecule has 1 atom stereocenters. The van der Waals surface area contributed by atoms with Crippen molar-refractivity contribution in [2.75, 3.05) is 39.9 Å². The van der Waals surface area contributed by atoms with Gasteiger partial charge in [-0.1, -0.05) is 6.92 Å². The fourth-order valence-corrected chi connectivity index (χ4v) is 3.31. The molecule has 7 heteroatoms. The van der Waals surface area contributed by atoms with Crippen molar-refractivity contribution in [1.29, 1.82) is 0 Å². The summed E-state index contributed by atoms with van der Waals surface area (Å²) >= 11 is 0. The largest absolute Gasteiger partial charge is 0.383 e. The fourth-order valence-electron chi connectivity index (χ4n) is 2.04. The normalized spacial score (nSPS) is 22.2. The van der Waals surface area contributed by atoms with Crippen molar-refractivity contribution in [3.05, 3.63) is 0 Å². The lowest BCUT2D eigenvalue weighted by Gasteiger charge is -2.32. The second kappa shape index (κ2) is 8.06. The van der Waals surface area contributed by atoms with Crippen LogP contribution in [0.4, 0.5) is 0 Å². The van der Waals surface area contributed by atoms with E-state index in [1.807, 2.05) is 0 Å². The van der Waals surface area contributed by atoms with Crippen LogP contribution in [0.3, 0.4) is 0 Å². The number of rotatable bonds is 8. The predicted molar refractivity (Wildman–Crippen MR) is 71.7 cm³/mol. The molecule has 1 rings (SSSR count). The minimum absolute atomic E-state index is 0.276. The highest BCUT2D eigenvalue weighted by Gasteiger charge is 2.27. The van der Waals surface area contributed by atoms with Crippen LogP contribution in [0.25, 0.3) is 0 Å². The summed E-state index contributed by atoms with van der Waals surface area (Å²) in [7, 11) is -1.79. The minimum atomic E-state index is -3.35. The summed E-state index contributed by atoms with van der Waals surface area (Å²) in [6, 6.07) is 0.276. The van der Waals surface area contributed by atoms with Crippen LogP contribution in [-0.4, -0.2) is 58.7 Å². The van der Waals surface area contributed by atoms with Crippen molar-refractivity contribution in [3.63, 3.8) is 0 Å². The van der Waals surface area contributed by atoms with Crippen molar-refractivity contribution >= 4 is 10.2 Å². The van der Waals surface area contributed by atoms with Gasteiger partial charge in [-0.15, -0.1) is 0 Å². The highest BCUT2D eigenvalue weighted by Crippen LogP contribution is 2.12. The number of ether oxygens (including phenoxy) is 1. The molecule has 0 amide bonds. The van der Waals surface area contributed by atoms with Gasteiger partial charge in [0.2, 0.25) is 0 Å². The van der Waals surface area contributed by atoms with Crippen LogP contribution in [-0.2, 0) is 14.9 Å². The summed E-state index contributed by atoms with van der Waals surface area (Å²) in [5.74, 6) is 0.